The summed E-state index contributed by atoms with van der Waals surface area (Å²) in [5, 5.41) is 3.40. The van der Waals surface area contributed by atoms with Crippen LogP contribution in [0.25, 0.3) is 0 Å². The van der Waals surface area contributed by atoms with E-state index in [0.717, 1.165) is 57.3 Å². The monoisotopic (exact) mass is 378 g/mol. The second-order valence-corrected chi connectivity index (χ2v) is 7.13. The lowest BCUT2D eigenvalue weighted by molar-refractivity contribution is -0.137. The third-order valence-corrected chi connectivity index (χ3v) is 5.51. The van der Waals surface area contributed by atoms with E-state index in [1.54, 1.807) is 13.2 Å². The van der Waals surface area contributed by atoms with E-state index >= 15 is 0 Å². The topological polar surface area (TPSA) is 24.5 Å². The smallest absolute Gasteiger partial charge is 0.384 e. The van der Waals surface area contributed by atoms with Crippen molar-refractivity contribution >= 4 is 12.4 Å². The number of piperidine rings is 1. The molecule has 0 radical (unpaired) electrons. The molecule has 2 saturated heterocycles. The summed E-state index contributed by atoms with van der Waals surface area (Å²) in [6.45, 7) is 5.15. The number of hydrogen-bond acceptors (Lipinski definition) is 3. The normalized spacial score (nSPS) is 23.6. The van der Waals surface area contributed by atoms with Gasteiger partial charge in [-0.1, -0.05) is 18.2 Å². The Morgan fingerprint density at radius 3 is 2.64 bits per heavy atom. The number of benzene rings is 1. The molecule has 1 unspecified atom stereocenters. The third kappa shape index (κ3) is 4.67. The van der Waals surface area contributed by atoms with Crippen molar-refractivity contribution in [3.63, 3.8) is 0 Å². The molecule has 3 rings (SSSR count). The maximum absolute atomic E-state index is 12.9. The average Bonchev–Trinajstić information content (AvgIpc) is 2.85. The Morgan fingerprint density at radius 1 is 1.28 bits per heavy atom. The van der Waals surface area contributed by atoms with Gasteiger partial charge in [-0.2, -0.15) is 13.2 Å². The maximum atomic E-state index is 12.9. The Bertz CT molecular complexity index is 561. The molecule has 7 heteroatoms. The molecular formula is C18H26ClF3N2O. The zero-order valence-corrected chi connectivity index (χ0v) is 15.3. The minimum atomic E-state index is -4.28. The summed E-state index contributed by atoms with van der Waals surface area (Å²) in [5.74, 6) is 0.454. The minimum absolute atomic E-state index is 0. The number of hydrogen-bond donors (Lipinski definition) is 1. The van der Waals surface area contributed by atoms with Crippen molar-refractivity contribution in [2.24, 2.45) is 11.3 Å². The fourth-order valence-corrected chi connectivity index (χ4v) is 4.29. The Labute approximate surface area is 153 Å². The number of alkyl halides is 3. The van der Waals surface area contributed by atoms with E-state index in [1.807, 2.05) is 0 Å². The van der Waals surface area contributed by atoms with Crippen LogP contribution in [-0.4, -0.2) is 44.8 Å². The van der Waals surface area contributed by atoms with Crippen molar-refractivity contribution in [3.8, 4) is 0 Å². The largest absolute Gasteiger partial charge is 0.416 e. The highest BCUT2D eigenvalue weighted by Crippen LogP contribution is 2.44. The van der Waals surface area contributed by atoms with Crippen LogP contribution < -0.4 is 5.32 Å². The summed E-state index contributed by atoms with van der Waals surface area (Å²) in [5.41, 5.74) is 0.402. The van der Waals surface area contributed by atoms with Crippen molar-refractivity contribution in [1.82, 2.24) is 10.2 Å². The van der Waals surface area contributed by atoms with E-state index in [-0.39, 0.29) is 17.8 Å². The first-order chi connectivity index (χ1) is 11.4. The van der Waals surface area contributed by atoms with Crippen LogP contribution in [0.5, 0.6) is 0 Å². The first-order valence-corrected chi connectivity index (χ1v) is 8.51. The van der Waals surface area contributed by atoms with E-state index in [9.17, 15) is 13.2 Å². The quantitative estimate of drug-likeness (QED) is 0.866. The molecule has 0 saturated carbocycles. The number of likely N-dealkylation sites (tertiary alicyclic amines) is 1. The van der Waals surface area contributed by atoms with Crippen LogP contribution >= 0.6 is 12.4 Å². The molecule has 1 aromatic carbocycles. The summed E-state index contributed by atoms with van der Waals surface area (Å²) in [6, 6.07) is 5.70. The molecule has 2 aliphatic heterocycles. The third-order valence-electron chi connectivity index (χ3n) is 5.51. The first-order valence-electron chi connectivity index (χ1n) is 8.51. The van der Waals surface area contributed by atoms with Crippen molar-refractivity contribution < 1.29 is 17.9 Å². The summed E-state index contributed by atoms with van der Waals surface area (Å²) in [6.07, 6.45) is -2.06. The molecule has 3 nitrogen and oxygen atoms in total. The van der Waals surface area contributed by atoms with Gasteiger partial charge >= 0.3 is 6.18 Å². The van der Waals surface area contributed by atoms with Gasteiger partial charge in [-0.25, -0.2) is 0 Å². The van der Waals surface area contributed by atoms with Gasteiger partial charge in [0.1, 0.15) is 0 Å². The highest BCUT2D eigenvalue weighted by Gasteiger charge is 2.46. The number of rotatable bonds is 4. The number of methoxy groups -OCH3 is 1. The lowest BCUT2D eigenvalue weighted by atomic mass is 9.71. The van der Waals surface area contributed by atoms with Gasteiger partial charge in [0.25, 0.3) is 0 Å². The summed E-state index contributed by atoms with van der Waals surface area (Å²) < 4.78 is 44.1. The highest BCUT2D eigenvalue weighted by molar-refractivity contribution is 5.85. The SMILES string of the molecule is COCC1CN(Cc2cccc(C(F)(F)F)c2)CC12CCNCC2.Cl. The van der Waals surface area contributed by atoms with Gasteiger partial charge in [0.05, 0.1) is 12.2 Å². The summed E-state index contributed by atoms with van der Waals surface area (Å²) >= 11 is 0. The molecule has 0 bridgehead atoms. The first kappa shape index (κ1) is 20.5. The molecule has 0 aliphatic carbocycles. The van der Waals surface area contributed by atoms with Crippen LogP contribution in [-0.2, 0) is 17.5 Å². The van der Waals surface area contributed by atoms with Crippen LogP contribution in [0.3, 0.4) is 0 Å². The predicted octanol–water partition coefficient (Wildman–Crippen LogP) is 3.58. The Kier molecular flexibility index (Phi) is 6.76. The number of nitrogens with one attached hydrogen (secondary N) is 1. The average molecular weight is 379 g/mol. The van der Waals surface area contributed by atoms with Crippen molar-refractivity contribution in [3.05, 3.63) is 35.4 Å². The zero-order valence-electron chi connectivity index (χ0n) is 14.4. The molecule has 2 fully saturated rings. The molecule has 1 N–H and O–H groups in total. The minimum Gasteiger partial charge on any atom is -0.384 e. The van der Waals surface area contributed by atoms with E-state index in [4.69, 9.17) is 4.74 Å². The predicted molar refractivity (Wildman–Crippen MR) is 93.9 cm³/mol. The van der Waals surface area contributed by atoms with E-state index in [0.29, 0.717) is 12.5 Å². The van der Waals surface area contributed by atoms with Crippen LogP contribution in [0.1, 0.15) is 24.0 Å². The van der Waals surface area contributed by atoms with Crippen LogP contribution in [0, 0.1) is 11.3 Å². The van der Waals surface area contributed by atoms with E-state index in [2.05, 4.69) is 10.2 Å². The maximum Gasteiger partial charge on any atom is 0.416 e. The molecule has 1 atom stereocenters. The second-order valence-electron chi connectivity index (χ2n) is 7.13. The van der Waals surface area contributed by atoms with E-state index in [1.165, 1.54) is 12.1 Å². The standard InChI is InChI=1S/C18H25F3N2O.ClH/c1-24-12-16-11-23(13-17(16)5-7-22-8-6-17)10-14-3-2-4-15(9-14)18(19,20)21;/h2-4,9,16,22H,5-8,10-13H2,1H3;1H. The van der Waals surface area contributed by atoms with Gasteiger partial charge in [-0.05, 0) is 43.0 Å². The van der Waals surface area contributed by atoms with Gasteiger partial charge in [-0.15, -0.1) is 12.4 Å². The fraction of sp³-hybridized carbons (Fsp3) is 0.667. The lowest BCUT2D eigenvalue weighted by Crippen LogP contribution is -2.43. The van der Waals surface area contributed by atoms with Gasteiger partial charge in [-0.3, -0.25) is 4.90 Å². The molecule has 0 aromatic heterocycles. The Morgan fingerprint density at radius 2 is 2.00 bits per heavy atom. The Hall–Kier alpha value is -0.820. The highest BCUT2D eigenvalue weighted by atomic mass is 35.5. The second kappa shape index (κ2) is 8.25. The lowest BCUT2D eigenvalue weighted by Gasteiger charge is -2.38. The Balaban J connectivity index is 0.00000225. The molecule has 142 valence electrons. The molecule has 0 amide bonds. The molecule has 25 heavy (non-hydrogen) atoms. The van der Waals surface area contributed by atoms with Gasteiger partial charge in [0.2, 0.25) is 0 Å². The fourth-order valence-electron chi connectivity index (χ4n) is 4.29. The van der Waals surface area contributed by atoms with Crippen molar-refractivity contribution in [2.75, 3.05) is 39.9 Å². The molecule has 2 aliphatic rings. The summed E-state index contributed by atoms with van der Waals surface area (Å²) in [7, 11) is 1.73. The zero-order chi connectivity index (χ0) is 17.2. The number of halogens is 4. The van der Waals surface area contributed by atoms with Crippen LogP contribution in [0.15, 0.2) is 24.3 Å². The molecular weight excluding hydrogens is 353 g/mol. The van der Waals surface area contributed by atoms with Crippen LogP contribution in [0.2, 0.25) is 0 Å². The van der Waals surface area contributed by atoms with Gasteiger partial charge in [0, 0.05) is 32.7 Å². The van der Waals surface area contributed by atoms with Crippen molar-refractivity contribution in [1.29, 1.82) is 0 Å². The van der Waals surface area contributed by atoms with Gasteiger partial charge in [0.15, 0.2) is 0 Å². The van der Waals surface area contributed by atoms with Crippen molar-refractivity contribution in [2.45, 2.75) is 25.6 Å². The molecule has 1 spiro atoms. The number of ether oxygens (including phenoxy) is 1. The molecule has 2 heterocycles. The molecule has 1 aromatic rings. The number of nitrogens with zero attached hydrogens (tertiary/aromatic N) is 1. The van der Waals surface area contributed by atoms with E-state index < -0.39 is 11.7 Å². The summed E-state index contributed by atoms with van der Waals surface area (Å²) in [4.78, 5) is 2.30. The van der Waals surface area contributed by atoms with Gasteiger partial charge < -0.3 is 10.1 Å². The van der Waals surface area contributed by atoms with Crippen LogP contribution in [0.4, 0.5) is 13.2 Å².